The summed E-state index contributed by atoms with van der Waals surface area (Å²) in [6, 6.07) is 3.40. The maximum Gasteiger partial charge on any atom is 0.289 e. The van der Waals surface area contributed by atoms with Crippen molar-refractivity contribution in [3.05, 3.63) is 35.9 Å². The van der Waals surface area contributed by atoms with Gasteiger partial charge in [-0.1, -0.05) is 13.8 Å². The molecule has 0 fully saturated rings. The van der Waals surface area contributed by atoms with E-state index in [0.29, 0.717) is 11.5 Å². The van der Waals surface area contributed by atoms with Crippen LogP contribution < -0.4 is 11.2 Å². The number of nitrogens with two attached hydrogens (primary N) is 1. The predicted octanol–water partition coefficient (Wildman–Crippen LogP) is 1.25. The number of amides is 1. The lowest BCUT2D eigenvalue weighted by Crippen LogP contribution is -2.26. The Hall–Kier alpha value is -2.37. The highest BCUT2D eigenvalue weighted by molar-refractivity contribution is 6.42. The quantitative estimate of drug-likeness (QED) is 0.539. The van der Waals surface area contributed by atoms with Crippen LogP contribution in [0.4, 0.5) is 0 Å². The van der Waals surface area contributed by atoms with Crippen molar-refractivity contribution < 1.29 is 9.21 Å². The first-order valence-electron chi connectivity index (χ1n) is 5.43. The maximum atomic E-state index is 11.4. The third kappa shape index (κ3) is 4.25. The molecule has 6 heteroatoms. The van der Waals surface area contributed by atoms with Crippen LogP contribution in [0.2, 0.25) is 0 Å². The van der Waals surface area contributed by atoms with Gasteiger partial charge in [0.1, 0.15) is 11.5 Å². The summed E-state index contributed by atoms with van der Waals surface area (Å²) < 4.78 is 4.99. The van der Waals surface area contributed by atoms with Gasteiger partial charge in [-0.05, 0) is 24.1 Å². The number of allylic oxidation sites excluding steroid dienone is 1. The van der Waals surface area contributed by atoms with Gasteiger partial charge in [-0.2, -0.15) is 5.10 Å². The maximum absolute atomic E-state index is 11.4. The average Bonchev–Trinajstić information content (AvgIpc) is 2.81. The molecule has 0 aromatic carbocycles. The van der Waals surface area contributed by atoms with E-state index in [1.54, 1.807) is 12.1 Å². The van der Waals surface area contributed by atoms with Crippen molar-refractivity contribution in [2.45, 2.75) is 13.8 Å². The number of hydrogen-bond acceptors (Lipinski definition) is 5. The van der Waals surface area contributed by atoms with E-state index in [1.165, 1.54) is 18.6 Å². The topological polar surface area (TPSA) is 104 Å². The number of carbonyl (C=O) groups excluding carboxylic acids is 1. The molecule has 1 rings (SSSR count). The van der Waals surface area contributed by atoms with Crippen LogP contribution in [0, 0.1) is 11.3 Å². The minimum atomic E-state index is -0.624. The Kier molecular flexibility index (Phi) is 4.86. The molecule has 1 aromatic rings. The standard InChI is InChI=1S/C12H16N4O2/c1-8(2)10(13)6-11(14)12(17)16-15-7-9-4-3-5-18-9/h3-8,14H,13H2,1-2H3,(H,16,17)/b10-6?,14-11?,15-7+. The molecule has 0 radical (unpaired) electrons. The van der Waals surface area contributed by atoms with Crippen LogP contribution in [-0.2, 0) is 4.79 Å². The van der Waals surface area contributed by atoms with Crippen molar-refractivity contribution in [3.63, 3.8) is 0 Å². The largest absolute Gasteiger partial charge is 0.463 e. The second-order valence-electron chi connectivity index (χ2n) is 3.93. The Labute approximate surface area is 105 Å². The highest BCUT2D eigenvalue weighted by atomic mass is 16.3. The van der Waals surface area contributed by atoms with Gasteiger partial charge >= 0.3 is 0 Å². The molecule has 0 unspecified atom stereocenters. The molecular formula is C12H16N4O2. The van der Waals surface area contributed by atoms with Crippen molar-refractivity contribution in [2.24, 2.45) is 16.8 Å². The molecule has 0 atom stereocenters. The van der Waals surface area contributed by atoms with Gasteiger partial charge in [-0.15, -0.1) is 0 Å². The van der Waals surface area contributed by atoms with Gasteiger partial charge in [0.15, 0.2) is 0 Å². The fraction of sp³-hybridized carbons (Fsp3) is 0.250. The Balaban J connectivity index is 2.51. The summed E-state index contributed by atoms with van der Waals surface area (Å²) in [5.74, 6) is -0.0229. The van der Waals surface area contributed by atoms with Crippen molar-refractivity contribution >= 4 is 17.8 Å². The number of nitrogens with zero attached hydrogens (tertiary/aromatic N) is 1. The molecule has 0 bridgehead atoms. The molecule has 1 heterocycles. The summed E-state index contributed by atoms with van der Waals surface area (Å²) >= 11 is 0. The Bertz CT molecular complexity index is 472. The number of rotatable bonds is 5. The van der Waals surface area contributed by atoms with Crippen LogP contribution in [0.5, 0.6) is 0 Å². The number of hydrogen-bond donors (Lipinski definition) is 3. The van der Waals surface area contributed by atoms with Gasteiger partial charge in [-0.25, -0.2) is 5.43 Å². The van der Waals surface area contributed by atoms with E-state index >= 15 is 0 Å². The number of hydrazone groups is 1. The molecule has 1 aromatic heterocycles. The lowest BCUT2D eigenvalue weighted by atomic mass is 10.1. The van der Waals surface area contributed by atoms with E-state index in [4.69, 9.17) is 15.6 Å². The second-order valence-corrected chi connectivity index (χ2v) is 3.93. The zero-order valence-electron chi connectivity index (χ0n) is 10.3. The monoisotopic (exact) mass is 248 g/mol. The van der Waals surface area contributed by atoms with E-state index in [9.17, 15) is 4.79 Å². The second kappa shape index (κ2) is 6.39. The van der Waals surface area contributed by atoms with E-state index in [2.05, 4.69) is 10.5 Å². The first kappa shape index (κ1) is 13.7. The smallest absolute Gasteiger partial charge is 0.289 e. The molecule has 4 N–H and O–H groups in total. The normalized spacial score (nSPS) is 12.1. The van der Waals surface area contributed by atoms with Gasteiger partial charge < -0.3 is 10.2 Å². The fourth-order valence-electron chi connectivity index (χ4n) is 0.978. The molecule has 0 aliphatic heterocycles. The zero-order valence-corrected chi connectivity index (χ0v) is 10.3. The van der Waals surface area contributed by atoms with E-state index < -0.39 is 5.91 Å². The molecular weight excluding hydrogens is 232 g/mol. The number of furan rings is 1. The Morgan fingerprint density at radius 3 is 2.89 bits per heavy atom. The summed E-state index contributed by atoms with van der Waals surface area (Å²) in [7, 11) is 0. The lowest BCUT2D eigenvalue weighted by Gasteiger charge is -2.04. The van der Waals surface area contributed by atoms with Crippen molar-refractivity contribution in [3.8, 4) is 0 Å². The molecule has 0 saturated heterocycles. The van der Waals surface area contributed by atoms with Gasteiger partial charge in [0.05, 0.1) is 12.5 Å². The average molecular weight is 248 g/mol. The highest BCUT2D eigenvalue weighted by Crippen LogP contribution is 2.01. The van der Waals surface area contributed by atoms with E-state index in [1.807, 2.05) is 13.8 Å². The third-order valence-electron chi connectivity index (χ3n) is 2.12. The van der Waals surface area contributed by atoms with Crippen LogP contribution in [-0.4, -0.2) is 17.8 Å². The molecule has 96 valence electrons. The molecule has 18 heavy (non-hydrogen) atoms. The Morgan fingerprint density at radius 2 is 2.33 bits per heavy atom. The van der Waals surface area contributed by atoms with Gasteiger partial charge in [0, 0.05) is 5.70 Å². The van der Waals surface area contributed by atoms with Gasteiger partial charge in [-0.3, -0.25) is 10.2 Å². The van der Waals surface area contributed by atoms with Crippen LogP contribution in [0.15, 0.2) is 39.7 Å². The van der Waals surface area contributed by atoms with Crippen molar-refractivity contribution in [1.29, 1.82) is 5.41 Å². The summed E-state index contributed by atoms with van der Waals surface area (Å²) in [6.45, 7) is 3.76. The van der Waals surface area contributed by atoms with E-state index in [-0.39, 0.29) is 11.6 Å². The Morgan fingerprint density at radius 1 is 1.61 bits per heavy atom. The minimum absolute atomic E-state index is 0.0878. The molecule has 1 amide bonds. The van der Waals surface area contributed by atoms with Crippen molar-refractivity contribution in [2.75, 3.05) is 0 Å². The SMILES string of the molecule is CC(C)C(N)=CC(=N)C(=O)N/N=C/c1ccco1. The molecule has 0 aliphatic carbocycles. The highest BCUT2D eigenvalue weighted by Gasteiger charge is 2.07. The van der Waals surface area contributed by atoms with Gasteiger partial charge in [0.25, 0.3) is 5.91 Å². The first-order valence-corrected chi connectivity index (χ1v) is 5.43. The van der Waals surface area contributed by atoms with Crippen LogP contribution >= 0.6 is 0 Å². The summed E-state index contributed by atoms with van der Waals surface area (Å²) in [5.41, 5.74) is 8.10. The van der Waals surface area contributed by atoms with Gasteiger partial charge in [0.2, 0.25) is 0 Å². The lowest BCUT2D eigenvalue weighted by molar-refractivity contribution is -0.114. The van der Waals surface area contributed by atoms with Crippen molar-refractivity contribution in [1.82, 2.24) is 5.43 Å². The van der Waals surface area contributed by atoms with Crippen LogP contribution in [0.3, 0.4) is 0 Å². The van der Waals surface area contributed by atoms with Crippen LogP contribution in [0.25, 0.3) is 0 Å². The predicted molar refractivity (Wildman–Crippen MR) is 69.3 cm³/mol. The third-order valence-corrected chi connectivity index (χ3v) is 2.12. The molecule has 0 spiro atoms. The summed E-state index contributed by atoms with van der Waals surface area (Å²) in [4.78, 5) is 11.4. The van der Waals surface area contributed by atoms with Crippen LogP contribution in [0.1, 0.15) is 19.6 Å². The molecule has 0 aliphatic rings. The molecule has 0 saturated carbocycles. The summed E-state index contributed by atoms with van der Waals surface area (Å²) in [6.07, 6.45) is 4.17. The molecule has 6 nitrogen and oxygen atoms in total. The van der Waals surface area contributed by atoms with E-state index in [0.717, 1.165) is 0 Å². The zero-order chi connectivity index (χ0) is 13.5. The number of nitrogens with one attached hydrogen (secondary N) is 2. The number of carbonyl (C=O) groups is 1. The summed E-state index contributed by atoms with van der Waals surface area (Å²) in [5, 5.41) is 11.2. The first-order chi connectivity index (χ1) is 8.50. The minimum Gasteiger partial charge on any atom is -0.463 e. The fourth-order valence-corrected chi connectivity index (χ4v) is 0.978.